The van der Waals surface area contributed by atoms with Gasteiger partial charge in [0.25, 0.3) is 15.9 Å². The second-order valence-electron chi connectivity index (χ2n) is 11.9. The number of fused-ring (bicyclic) bond motifs is 1. The lowest BCUT2D eigenvalue weighted by atomic mass is 9.91. The predicted octanol–water partition coefficient (Wildman–Crippen LogP) is 5.36. The van der Waals surface area contributed by atoms with Crippen LogP contribution < -0.4 is 10.2 Å². The molecule has 7 rings (SSSR count). The Hall–Kier alpha value is -4.62. The molecule has 0 saturated carbocycles. The van der Waals surface area contributed by atoms with Gasteiger partial charge >= 0.3 is 0 Å². The summed E-state index contributed by atoms with van der Waals surface area (Å²) in [5.41, 5.74) is 2.31. The highest BCUT2D eigenvalue weighted by molar-refractivity contribution is 7.89. The van der Waals surface area contributed by atoms with Crippen LogP contribution in [0.3, 0.4) is 0 Å². The first-order valence-corrected chi connectivity index (χ1v) is 17.3. The van der Waals surface area contributed by atoms with E-state index in [1.807, 2.05) is 54.6 Å². The molecule has 2 amide bonds. The zero-order valence-corrected chi connectivity index (χ0v) is 28.0. The van der Waals surface area contributed by atoms with Gasteiger partial charge in [-0.1, -0.05) is 77.8 Å². The number of nitrogens with one attached hydrogen (secondary N) is 1. The Labute approximate surface area is 287 Å². The van der Waals surface area contributed by atoms with Crippen molar-refractivity contribution in [2.75, 3.05) is 11.4 Å². The molecule has 14 heteroatoms. The van der Waals surface area contributed by atoms with Crippen molar-refractivity contribution in [1.29, 1.82) is 0 Å². The lowest BCUT2D eigenvalue weighted by Crippen LogP contribution is -2.58. The standard InChI is InChI=1S/C34H29Cl2N7O4S/c1-34(16-22-7-9-24(10-8-22)25-18-37-21-38-19-25)32(45)42(28-14-26(35)13-27(36)15-28)33-40-20-30(43(33)34)48(46,47)41-12-11-29(41)31(44)39-17-23-5-3-2-4-6-23/h2-10,13-15,18-21,29H,11-12,16-17H2,1H3,(H,39,44)/t29-,34-/m1/s1. The number of rotatable bonds is 9. The third-order valence-electron chi connectivity index (χ3n) is 8.73. The van der Waals surface area contributed by atoms with Crippen LogP contribution in [0.4, 0.5) is 11.6 Å². The third kappa shape index (κ3) is 5.64. The number of hydrogen-bond donors (Lipinski definition) is 1. The normalized spacial score (nSPS) is 19.2. The zero-order chi connectivity index (χ0) is 33.6. The van der Waals surface area contributed by atoms with Crippen molar-refractivity contribution >= 4 is 56.7 Å². The van der Waals surface area contributed by atoms with Crippen molar-refractivity contribution in [2.24, 2.45) is 0 Å². The second kappa shape index (κ2) is 12.4. The second-order valence-corrected chi connectivity index (χ2v) is 14.6. The fraction of sp³-hybridized carbons (Fsp3) is 0.206. The van der Waals surface area contributed by atoms with Gasteiger partial charge in [0.05, 0.1) is 11.9 Å². The molecule has 3 aromatic carbocycles. The summed E-state index contributed by atoms with van der Waals surface area (Å²) >= 11 is 12.7. The highest BCUT2D eigenvalue weighted by atomic mass is 35.5. The molecule has 1 fully saturated rings. The van der Waals surface area contributed by atoms with Gasteiger partial charge in [-0.05, 0) is 48.2 Å². The molecule has 0 radical (unpaired) electrons. The average Bonchev–Trinajstić information content (AvgIpc) is 3.58. The fourth-order valence-electron chi connectivity index (χ4n) is 6.21. The van der Waals surface area contributed by atoms with E-state index in [-0.39, 0.29) is 30.5 Å². The van der Waals surface area contributed by atoms with Crippen LogP contribution in [0.25, 0.3) is 11.1 Å². The van der Waals surface area contributed by atoms with Crippen LogP contribution in [-0.2, 0) is 38.1 Å². The Morgan fingerprint density at radius 1 is 0.938 bits per heavy atom. The van der Waals surface area contributed by atoms with Crippen LogP contribution in [0.1, 0.15) is 24.5 Å². The number of nitrogens with zero attached hydrogens (tertiary/aromatic N) is 6. The maximum atomic E-state index is 14.5. The van der Waals surface area contributed by atoms with Gasteiger partial charge in [0.1, 0.15) is 17.9 Å². The average molecular weight is 703 g/mol. The van der Waals surface area contributed by atoms with Crippen molar-refractivity contribution in [3.05, 3.63) is 119 Å². The smallest absolute Gasteiger partial charge is 0.261 e. The van der Waals surface area contributed by atoms with Gasteiger partial charge in [-0.3, -0.25) is 14.2 Å². The van der Waals surface area contributed by atoms with Crippen LogP contribution in [0, 0.1) is 0 Å². The van der Waals surface area contributed by atoms with Gasteiger partial charge in [-0.2, -0.15) is 4.31 Å². The first-order chi connectivity index (χ1) is 23.1. The predicted molar refractivity (Wildman–Crippen MR) is 181 cm³/mol. The molecule has 48 heavy (non-hydrogen) atoms. The molecule has 0 spiro atoms. The van der Waals surface area contributed by atoms with Crippen LogP contribution >= 0.6 is 23.2 Å². The molecule has 2 atom stereocenters. The van der Waals surface area contributed by atoms with Gasteiger partial charge in [0, 0.05) is 47.5 Å². The van der Waals surface area contributed by atoms with Crippen LogP contribution in [0.5, 0.6) is 0 Å². The third-order valence-corrected chi connectivity index (χ3v) is 11.0. The highest BCUT2D eigenvalue weighted by Crippen LogP contribution is 2.45. The fourth-order valence-corrected chi connectivity index (χ4v) is 8.55. The van der Waals surface area contributed by atoms with Crippen molar-refractivity contribution in [2.45, 2.75) is 42.9 Å². The van der Waals surface area contributed by atoms with E-state index in [0.717, 1.165) is 26.6 Å². The maximum Gasteiger partial charge on any atom is 0.261 e. The molecule has 11 nitrogen and oxygen atoms in total. The van der Waals surface area contributed by atoms with E-state index in [1.165, 1.54) is 22.0 Å². The highest BCUT2D eigenvalue weighted by Gasteiger charge is 2.54. The van der Waals surface area contributed by atoms with Gasteiger partial charge in [-0.15, -0.1) is 0 Å². The molecule has 1 saturated heterocycles. The van der Waals surface area contributed by atoms with Gasteiger partial charge in [-0.25, -0.2) is 28.3 Å². The minimum absolute atomic E-state index is 0.100. The molecule has 0 unspecified atom stereocenters. The molecule has 5 aromatic rings. The molecule has 2 aliphatic heterocycles. The molecule has 244 valence electrons. The molecule has 2 aliphatic rings. The van der Waals surface area contributed by atoms with Gasteiger partial charge in [0.2, 0.25) is 11.9 Å². The summed E-state index contributed by atoms with van der Waals surface area (Å²) in [6.07, 6.45) is 6.61. The number of carbonyl (C=O) groups excluding carboxylic acids is 2. The summed E-state index contributed by atoms with van der Waals surface area (Å²) in [6, 6.07) is 20.7. The van der Waals surface area contributed by atoms with Gasteiger partial charge in [0.15, 0.2) is 5.03 Å². The minimum Gasteiger partial charge on any atom is -0.351 e. The molecular weight excluding hydrogens is 673 g/mol. The Morgan fingerprint density at radius 2 is 1.62 bits per heavy atom. The Balaban J connectivity index is 1.25. The van der Waals surface area contributed by atoms with Crippen molar-refractivity contribution in [1.82, 2.24) is 29.1 Å². The van der Waals surface area contributed by atoms with Crippen molar-refractivity contribution in [3.8, 4) is 11.1 Å². The summed E-state index contributed by atoms with van der Waals surface area (Å²) in [5.74, 6) is -0.711. The first-order valence-electron chi connectivity index (χ1n) is 15.1. The number of sulfonamides is 1. The summed E-state index contributed by atoms with van der Waals surface area (Å²) in [6.45, 7) is 2.10. The summed E-state index contributed by atoms with van der Waals surface area (Å²) < 4.78 is 31.3. The Bertz CT molecular complexity index is 2110. The number of benzene rings is 3. The molecule has 0 aliphatic carbocycles. The zero-order valence-electron chi connectivity index (χ0n) is 25.6. The summed E-state index contributed by atoms with van der Waals surface area (Å²) in [4.78, 5) is 41.6. The number of imidazole rings is 1. The maximum absolute atomic E-state index is 14.5. The van der Waals surface area contributed by atoms with Crippen LogP contribution in [0.15, 0.2) is 103 Å². The lowest BCUT2D eigenvalue weighted by molar-refractivity contribution is -0.128. The van der Waals surface area contributed by atoms with E-state index < -0.39 is 33.4 Å². The monoisotopic (exact) mass is 701 g/mol. The van der Waals surface area contributed by atoms with Crippen LogP contribution in [-0.4, -0.2) is 56.6 Å². The van der Waals surface area contributed by atoms with E-state index in [4.69, 9.17) is 23.2 Å². The van der Waals surface area contributed by atoms with E-state index in [1.54, 1.807) is 37.5 Å². The Kier molecular flexibility index (Phi) is 8.28. The molecule has 1 N–H and O–H groups in total. The number of aromatic nitrogens is 4. The largest absolute Gasteiger partial charge is 0.351 e. The van der Waals surface area contributed by atoms with E-state index in [0.29, 0.717) is 22.2 Å². The number of amides is 2. The number of hydrogen-bond acceptors (Lipinski definition) is 7. The van der Waals surface area contributed by atoms with Crippen LogP contribution in [0.2, 0.25) is 10.0 Å². The van der Waals surface area contributed by atoms with Crippen molar-refractivity contribution < 1.29 is 18.0 Å². The lowest BCUT2D eigenvalue weighted by Gasteiger charge is -2.38. The number of anilines is 2. The van der Waals surface area contributed by atoms with Gasteiger partial charge < -0.3 is 5.32 Å². The Morgan fingerprint density at radius 3 is 2.27 bits per heavy atom. The topological polar surface area (TPSA) is 130 Å². The molecule has 0 bridgehead atoms. The number of halogens is 2. The van der Waals surface area contributed by atoms with Crippen molar-refractivity contribution in [3.63, 3.8) is 0 Å². The number of carbonyl (C=O) groups is 2. The quantitative estimate of drug-likeness (QED) is 0.219. The molecule has 2 aromatic heterocycles. The minimum atomic E-state index is -4.28. The molecular formula is C34H29Cl2N7O4S. The van der Waals surface area contributed by atoms with E-state index >= 15 is 0 Å². The van der Waals surface area contributed by atoms with E-state index in [9.17, 15) is 18.0 Å². The summed E-state index contributed by atoms with van der Waals surface area (Å²) in [7, 11) is -4.28. The van der Waals surface area contributed by atoms with E-state index in [2.05, 4.69) is 20.3 Å². The molecule has 4 heterocycles. The first kappa shape index (κ1) is 32.0. The SMILES string of the molecule is C[C@@]1(Cc2ccc(-c3cncnc3)cc2)C(=O)N(c2cc(Cl)cc(Cl)c2)c2ncc(S(=O)(=O)N3CC[C@@H]3C(=O)NCc3ccccc3)n21. The summed E-state index contributed by atoms with van der Waals surface area (Å²) in [5, 5.41) is 3.26.